The molecule has 0 atom stereocenters. The molecule has 31 heavy (non-hydrogen) atoms. The number of halogens is 1. The van der Waals surface area contributed by atoms with Crippen LogP contribution in [0.4, 0.5) is 5.69 Å². The van der Waals surface area contributed by atoms with Crippen molar-refractivity contribution in [1.29, 1.82) is 0 Å². The van der Waals surface area contributed by atoms with Crippen molar-refractivity contribution in [3.63, 3.8) is 0 Å². The number of hydrogen-bond acceptors (Lipinski definition) is 4. The first-order chi connectivity index (χ1) is 15.0. The first-order valence-electron chi connectivity index (χ1n) is 10.1. The molecule has 2 N–H and O–H groups in total. The largest absolute Gasteiger partial charge is 0.495 e. The van der Waals surface area contributed by atoms with Gasteiger partial charge in [0.25, 0.3) is 0 Å². The number of ether oxygens (including phenoxy) is 2. The Bertz CT molecular complexity index is 1140. The molecule has 4 rings (SSSR count). The predicted molar refractivity (Wildman–Crippen MR) is 120 cm³/mol. The number of carbonyl (C=O) groups excluding carboxylic acids is 2. The Morgan fingerprint density at radius 2 is 1.90 bits per heavy atom. The van der Waals surface area contributed by atoms with Gasteiger partial charge in [0.1, 0.15) is 11.5 Å². The number of fused-ring (bicyclic) bond motifs is 3. The maximum absolute atomic E-state index is 12.8. The Morgan fingerprint density at radius 3 is 2.68 bits per heavy atom. The summed E-state index contributed by atoms with van der Waals surface area (Å²) in [7, 11) is 3.00. The second kappa shape index (κ2) is 8.89. The molecule has 2 heterocycles. The highest BCUT2D eigenvalue weighted by molar-refractivity contribution is 6.32. The van der Waals surface area contributed by atoms with E-state index < -0.39 is 0 Å². The lowest BCUT2D eigenvalue weighted by Crippen LogP contribution is -2.36. The molecule has 8 heteroatoms. The highest BCUT2D eigenvalue weighted by Gasteiger charge is 2.24. The second-order valence-electron chi connectivity index (χ2n) is 7.43. The Kier molecular flexibility index (Phi) is 6.04. The fraction of sp³-hybridized carbons (Fsp3) is 0.304. The zero-order chi connectivity index (χ0) is 22.0. The molecule has 7 nitrogen and oxygen atoms in total. The Morgan fingerprint density at radius 1 is 1.13 bits per heavy atom. The summed E-state index contributed by atoms with van der Waals surface area (Å²) in [4.78, 5) is 30.5. The molecule has 2 amide bonds. The topological polar surface area (TPSA) is 83.7 Å². The van der Waals surface area contributed by atoms with Gasteiger partial charge < -0.3 is 24.7 Å². The average molecular weight is 442 g/mol. The predicted octanol–water partition coefficient (Wildman–Crippen LogP) is 4.14. The number of benzene rings is 2. The van der Waals surface area contributed by atoms with Crippen LogP contribution in [-0.4, -0.2) is 42.5 Å². The molecule has 0 unspecified atom stereocenters. The summed E-state index contributed by atoms with van der Waals surface area (Å²) in [6.45, 7) is 1.20. The lowest BCUT2D eigenvalue weighted by atomic mass is 10.0. The molecule has 0 fully saturated rings. The first kappa shape index (κ1) is 21.1. The van der Waals surface area contributed by atoms with Crippen LogP contribution in [0, 0.1) is 0 Å². The summed E-state index contributed by atoms with van der Waals surface area (Å²) in [6, 6.07) is 11.3. The minimum absolute atomic E-state index is 0.0363. The first-order valence-corrected chi connectivity index (χ1v) is 10.5. The van der Waals surface area contributed by atoms with Crippen LogP contribution in [-0.2, 0) is 22.6 Å². The normalized spacial score (nSPS) is 13.1. The smallest absolute Gasteiger partial charge is 0.224 e. The average Bonchev–Trinajstić information content (AvgIpc) is 3.15. The SMILES string of the molecule is COc1cc(OC)c(NC(=O)CCC(=O)N2CCc3[nH]c4ccccc4c3C2)cc1Cl. The van der Waals surface area contributed by atoms with E-state index in [-0.39, 0.29) is 24.7 Å². The van der Waals surface area contributed by atoms with Crippen molar-refractivity contribution in [2.75, 3.05) is 26.1 Å². The number of carbonyl (C=O) groups is 2. The van der Waals surface area contributed by atoms with Gasteiger partial charge in [-0.3, -0.25) is 9.59 Å². The number of para-hydroxylation sites is 1. The van der Waals surface area contributed by atoms with Crippen LogP contribution >= 0.6 is 11.6 Å². The van der Waals surface area contributed by atoms with Gasteiger partial charge in [-0.15, -0.1) is 0 Å². The van der Waals surface area contributed by atoms with Gasteiger partial charge in [-0.2, -0.15) is 0 Å². The quantitative estimate of drug-likeness (QED) is 0.602. The summed E-state index contributed by atoms with van der Waals surface area (Å²) in [6.07, 6.45) is 0.988. The van der Waals surface area contributed by atoms with E-state index in [2.05, 4.69) is 16.4 Å². The van der Waals surface area contributed by atoms with Crippen LogP contribution in [0.3, 0.4) is 0 Å². The lowest BCUT2D eigenvalue weighted by Gasteiger charge is -2.27. The zero-order valence-electron chi connectivity index (χ0n) is 17.5. The number of amides is 2. The van der Waals surface area contributed by atoms with Crippen molar-refractivity contribution >= 4 is 40.0 Å². The minimum atomic E-state index is -0.280. The molecule has 3 aromatic rings. The number of anilines is 1. The number of aromatic nitrogens is 1. The van der Waals surface area contributed by atoms with Gasteiger partial charge in [0.05, 0.1) is 24.9 Å². The second-order valence-corrected chi connectivity index (χ2v) is 7.84. The summed E-state index contributed by atoms with van der Waals surface area (Å²) >= 11 is 6.15. The van der Waals surface area contributed by atoms with Gasteiger partial charge in [0.2, 0.25) is 11.8 Å². The van der Waals surface area contributed by atoms with Crippen LogP contribution in [0.2, 0.25) is 5.02 Å². The number of rotatable bonds is 6. The molecule has 1 aliphatic rings. The molecule has 1 aromatic heterocycles. The number of aromatic amines is 1. The molecule has 162 valence electrons. The van der Waals surface area contributed by atoms with Gasteiger partial charge in [-0.25, -0.2) is 0 Å². The molecular weight excluding hydrogens is 418 g/mol. The van der Waals surface area contributed by atoms with E-state index in [9.17, 15) is 9.59 Å². The summed E-state index contributed by atoms with van der Waals surface area (Å²) in [5.74, 6) is 0.570. The van der Waals surface area contributed by atoms with E-state index in [1.165, 1.54) is 19.9 Å². The van der Waals surface area contributed by atoms with Crippen LogP contribution in [0.5, 0.6) is 11.5 Å². The van der Waals surface area contributed by atoms with Crippen molar-refractivity contribution in [2.24, 2.45) is 0 Å². The molecule has 1 aliphatic heterocycles. The number of methoxy groups -OCH3 is 2. The van der Waals surface area contributed by atoms with E-state index >= 15 is 0 Å². The standard InChI is InChI=1S/C23H24ClN3O4/c1-30-20-12-21(31-2)19(11-16(20)24)26-22(28)7-8-23(29)27-10-9-18-15(13-27)14-5-3-4-6-17(14)25-18/h3-6,11-12,25H,7-10,13H2,1-2H3,(H,26,28). The molecule has 0 aliphatic carbocycles. The van der Waals surface area contributed by atoms with Crippen molar-refractivity contribution in [1.82, 2.24) is 9.88 Å². The Balaban J connectivity index is 1.37. The highest BCUT2D eigenvalue weighted by atomic mass is 35.5. The Hall–Kier alpha value is -3.19. The molecule has 0 spiro atoms. The molecule has 0 radical (unpaired) electrons. The van der Waals surface area contributed by atoms with E-state index in [0.29, 0.717) is 35.3 Å². The summed E-state index contributed by atoms with van der Waals surface area (Å²) < 4.78 is 10.5. The van der Waals surface area contributed by atoms with Gasteiger partial charge in [-0.05, 0) is 12.1 Å². The maximum Gasteiger partial charge on any atom is 0.224 e. The molecule has 0 saturated heterocycles. The number of nitrogens with one attached hydrogen (secondary N) is 2. The monoisotopic (exact) mass is 441 g/mol. The van der Waals surface area contributed by atoms with Crippen molar-refractivity contribution < 1.29 is 19.1 Å². The maximum atomic E-state index is 12.8. The van der Waals surface area contributed by atoms with E-state index in [1.54, 1.807) is 12.1 Å². The fourth-order valence-electron chi connectivity index (χ4n) is 3.93. The van der Waals surface area contributed by atoms with Gasteiger partial charge in [0.15, 0.2) is 0 Å². The highest BCUT2D eigenvalue weighted by Crippen LogP contribution is 2.36. The van der Waals surface area contributed by atoms with Crippen molar-refractivity contribution in [2.45, 2.75) is 25.8 Å². The van der Waals surface area contributed by atoms with Gasteiger partial charge >= 0.3 is 0 Å². The van der Waals surface area contributed by atoms with Crippen LogP contribution in [0.1, 0.15) is 24.1 Å². The van der Waals surface area contributed by atoms with Crippen LogP contribution in [0.15, 0.2) is 36.4 Å². The third-order valence-corrected chi connectivity index (χ3v) is 5.84. The number of hydrogen-bond donors (Lipinski definition) is 2. The molecular formula is C23H24ClN3O4. The fourth-order valence-corrected chi connectivity index (χ4v) is 4.17. The number of H-pyrrole nitrogens is 1. The molecule has 2 aromatic carbocycles. The summed E-state index contributed by atoms with van der Waals surface area (Å²) in [5, 5.41) is 4.28. The van der Waals surface area contributed by atoms with Crippen LogP contribution < -0.4 is 14.8 Å². The van der Waals surface area contributed by atoms with E-state index in [4.69, 9.17) is 21.1 Å². The van der Waals surface area contributed by atoms with E-state index in [1.807, 2.05) is 23.1 Å². The third kappa shape index (κ3) is 4.32. The van der Waals surface area contributed by atoms with E-state index in [0.717, 1.165) is 22.9 Å². The molecule has 0 bridgehead atoms. The van der Waals surface area contributed by atoms with Crippen molar-refractivity contribution in [3.05, 3.63) is 52.7 Å². The summed E-state index contributed by atoms with van der Waals surface area (Å²) in [5.41, 5.74) is 3.88. The van der Waals surface area contributed by atoms with Gasteiger partial charge in [-0.1, -0.05) is 29.8 Å². The van der Waals surface area contributed by atoms with Gasteiger partial charge in [0, 0.05) is 60.6 Å². The molecule has 0 saturated carbocycles. The lowest BCUT2D eigenvalue weighted by molar-refractivity contribution is -0.133. The minimum Gasteiger partial charge on any atom is -0.495 e. The Labute approximate surface area is 185 Å². The number of nitrogens with zero attached hydrogens (tertiary/aromatic N) is 1. The zero-order valence-corrected chi connectivity index (χ0v) is 18.2. The van der Waals surface area contributed by atoms with Crippen molar-refractivity contribution in [3.8, 4) is 11.5 Å². The van der Waals surface area contributed by atoms with Crippen LogP contribution in [0.25, 0.3) is 10.9 Å². The third-order valence-electron chi connectivity index (χ3n) is 5.55.